The number of halogens is 2. The summed E-state index contributed by atoms with van der Waals surface area (Å²) < 4.78 is 45.5. The summed E-state index contributed by atoms with van der Waals surface area (Å²) in [6.45, 7) is 0.850. The number of sulfonamides is 1. The second kappa shape index (κ2) is 4.11. The molecule has 0 aromatic carbocycles. The highest BCUT2D eigenvalue weighted by Gasteiger charge is 2.31. The van der Waals surface area contributed by atoms with Crippen LogP contribution in [0.15, 0.2) is 0 Å². The Morgan fingerprint density at radius 2 is 1.92 bits per heavy atom. The van der Waals surface area contributed by atoms with Gasteiger partial charge in [0.05, 0.1) is 6.61 Å². The van der Waals surface area contributed by atoms with E-state index in [1.54, 1.807) is 0 Å². The van der Waals surface area contributed by atoms with Gasteiger partial charge in [-0.25, -0.2) is 8.42 Å². The van der Waals surface area contributed by atoms with Gasteiger partial charge < -0.3 is 5.11 Å². The molecule has 7 heteroatoms. The molecule has 74 valence electrons. The van der Waals surface area contributed by atoms with Crippen molar-refractivity contribution in [1.29, 1.82) is 0 Å². The molecule has 0 saturated carbocycles. The van der Waals surface area contributed by atoms with Crippen molar-refractivity contribution in [2.75, 3.05) is 13.7 Å². The van der Waals surface area contributed by atoms with Gasteiger partial charge in [-0.15, -0.1) is 0 Å². The Morgan fingerprint density at radius 3 is 2.17 bits per heavy atom. The predicted molar refractivity (Wildman–Crippen MR) is 39.2 cm³/mol. The number of aliphatic hydroxyl groups excluding tert-OH is 1. The number of rotatable bonds is 4. The van der Waals surface area contributed by atoms with Crippen LogP contribution in [0.2, 0.25) is 0 Å². The van der Waals surface area contributed by atoms with E-state index >= 15 is 0 Å². The molecule has 0 radical (unpaired) electrons. The fourth-order valence-electron chi connectivity index (χ4n) is 0.491. The van der Waals surface area contributed by atoms with E-state index in [9.17, 15) is 17.2 Å². The summed E-state index contributed by atoms with van der Waals surface area (Å²) in [6, 6.07) is -0.830. The molecule has 0 aliphatic rings. The van der Waals surface area contributed by atoms with E-state index in [0.717, 1.165) is 7.05 Å². The van der Waals surface area contributed by atoms with Crippen molar-refractivity contribution >= 4 is 10.0 Å². The maximum atomic E-state index is 11.8. The van der Waals surface area contributed by atoms with Crippen LogP contribution >= 0.6 is 0 Å². The quantitative estimate of drug-likeness (QED) is 0.691. The summed E-state index contributed by atoms with van der Waals surface area (Å²) in [5.41, 5.74) is 0. The zero-order valence-electron chi connectivity index (χ0n) is 6.74. The molecular formula is C5H11F2NO3S. The largest absolute Gasteiger partial charge is 0.395 e. The van der Waals surface area contributed by atoms with Crippen LogP contribution in [0.4, 0.5) is 8.78 Å². The molecule has 1 unspecified atom stereocenters. The van der Waals surface area contributed by atoms with Crippen LogP contribution in [0.3, 0.4) is 0 Å². The van der Waals surface area contributed by atoms with Gasteiger partial charge in [-0.2, -0.15) is 13.1 Å². The molecule has 0 heterocycles. The fraction of sp³-hybridized carbons (Fsp3) is 1.00. The van der Waals surface area contributed by atoms with Crippen LogP contribution in [-0.2, 0) is 10.0 Å². The van der Waals surface area contributed by atoms with Gasteiger partial charge in [0.25, 0.3) is 10.0 Å². The highest BCUT2D eigenvalue weighted by Crippen LogP contribution is 2.12. The van der Waals surface area contributed by atoms with Crippen molar-refractivity contribution in [2.24, 2.45) is 0 Å². The lowest BCUT2D eigenvalue weighted by atomic mass is 10.4. The van der Waals surface area contributed by atoms with Crippen molar-refractivity contribution in [3.8, 4) is 0 Å². The molecule has 0 aromatic heterocycles. The van der Waals surface area contributed by atoms with Gasteiger partial charge in [0.1, 0.15) is 0 Å². The Bertz CT molecular complexity index is 229. The molecular weight excluding hydrogens is 192 g/mol. The first-order chi connectivity index (χ1) is 5.34. The minimum atomic E-state index is -4.55. The predicted octanol–water partition coefficient (Wildman–Crippen LogP) is -0.149. The molecule has 0 bridgehead atoms. The maximum absolute atomic E-state index is 11.8. The third-order valence-corrected chi connectivity index (χ3v) is 3.12. The summed E-state index contributed by atoms with van der Waals surface area (Å²) in [4.78, 5) is 0. The van der Waals surface area contributed by atoms with E-state index in [2.05, 4.69) is 0 Å². The van der Waals surface area contributed by atoms with Gasteiger partial charge in [0.2, 0.25) is 0 Å². The minimum absolute atomic E-state index is 0.456. The van der Waals surface area contributed by atoms with E-state index in [4.69, 9.17) is 5.11 Å². The second-order valence-corrected chi connectivity index (χ2v) is 4.32. The number of hydrogen-bond donors (Lipinski definition) is 1. The zero-order chi connectivity index (χ0) is 9.94. The summed E-state index contributed by atoms with van der Waals surface area (Å²) in [7, 11) is -3.55. The minimum Gasteiger partial charge on any atom is -0.395 e. The highest BCUT2D eigenvalue weighted by atomic mass is 32.2. The van der Waals surface area contributed by atoms with Crippen LogP contribution in [0.25, 0.3) is 0 Å². The number of nitrogens with zero attached hydrogens (tertiary/aromatic N) is 1. The zero-order valence-corrected chi connectivity index (χ0v) is 7.55. The lowest BCUT2D eigenvalue weighted by Gasteiger charge is -2.21. The standard InChI is InChI=1S/C5H11F2NO3S/c1-4(3-9)8(2)12(10,11)5(6)7/h4-5,9H,3H2,1-2H3. The van der Waals surface area contributed by atoms with Gasteiger partial charge in [-0.05, 0) is 6.92 Å². The van der Waals surface area contributed by atoms with Gasteiger partial charge in [-0.1, -0.05) is 0 Å². The fourth-order valence-corrected chi connectivity index (χ4v) is 1.31. The molecule has 0 rings (SSSR count). The Hall–Kier alpha value is -0.270. The number of likely N-dealkylation sites (N-methyl/N-ethyl adjacent to an activating group) is 1. The average molecular weight is 203 g/mol. The normalized spacial score (nSPS) is 15.6. The lowest BCUT2D eigenvalue weighted by Crippen LogP contribution is -2.40. The van der Waals surface area contributed by atoms with Crippen LogP contribution < -0.4 is 0 Å². The van der Waals surface area contributed by atoms with Gasteiger partial charge in [-0.3, -0.25) is 0 Å². The van der Waals surface area contributed by atoms with Crippen molar-refractivity contribution in [1.82, 2.24) is 4.31 Å². The highest BCUT2D eigenvalue weighted by molar-refractivity contribution is 7.89. The third kappa shape index (κ3) is 2.36. The van der Waals surface area contributed by atoms with E-state index in [0.29, 0.717) is 4.31 Å². The molecule has 0 aliphatic heterocycles. The number of alkyl halides is 2. The Morgan fingerprint density at radius 1 is 1.50 bits per heavy atom. The lowest BCUT2D eigenvalue weighted by molar-refractivity contribution is 0.188. The van der Waals surface area contributed by atoms with E-state index < -0.39 is 28.4 Å². The van der Waals surface area contributed by atoms with Gasteiger partial charge >= 0.3 is 5.76 Å². The summed E-state index contributed by atoms with van der Waals surface area (Å²) in [6.07, 6.45) is 0. The average Bonchev–Trinajstić information content (AvgIpc) is 2.01. The third-order valence-electron chi connectivity index (χ3n) is 1.51. The molecule has 1 N–H and O–H groups in total. The molecule has 12 heavy (non-hydrogen) atoms. The molecule has 0 amide bonds. The molecule has 0 saturated heterocycles. The van der Waals surface area contributed by atoms with Crippen LogP contribution in [-0.4, -0.2) is 43.3 Å². The second-order valence-electron chi connectivity index (χ2n) is 2.35. The Kier molecular flexibility index (Phi) is 4.01. The Balaban J connectivity index is 4.58. The van der Waals surface area contributed by atoms with Gasteiger partial charge in [0.15, 0.2) is 0 Å². The first-order valence-corrected chi connectivity index (χ1v) is 4.70. The monoisotopic (exact) mass is 203 g/mol. The number of hydrogen-bond acceptors (Lipinski definition) is 3. The molecule has 0 aliphatic carbocycles. The van der Waals surface area contributed by atoms with Gasteiger partial charge in [0, 0.05) is 13.1 Å². The summed E-state index contributed by atoms with van der Waals surface area (Å²) in [5.74, 6) is -3.43. The van der Waals surface area contributed by atoms with E-state index in [1.807, 2.05) is 0 Å². The molecule has 4 nitrogen and oxygen atoms in total. The summed E-state index contributed by atoms with van der Waals surface area (Å²) in [5, 5.41) is 8.50. The van der Waals surface area contributed by atoms with Crippen molar-refractivity contribution < 1.29 is 22.3 Å². The molecule has 0 fully saturated rings. The first kappa shape index (κ1) is 11.7. The van der Waals surface area contributed by atoms with Crippen molar-refractivity contribution in [2.45, 2.75) is 18.7 Å². The number of aliphatic hydroxyl groups is 1. The maximum Gasteiger partial charge on any atom is 0.350 e. The smallest absolute Gasteiger partial charge is 0.350 e. The summed E-state index contributed by atoms with van der Waals surface area (Å²) >= 11 is 0. The topological polar surface area (TPSA) is 57.6 Å². The van der Waals surface area contributed by atoms with Crippen LogP contribution in [0.1, 0.15) is 6.92 Å². The van der Waals surface area contributed by atoms with E-state index in [1.165, 1.54) is 6.92 Å². The van der Waals surface area contributed by atoms with Crippen molar-refractivity contribution in [3.05, 3.63) is 0 Å². The van der Waals surface area contributed by atoms with E-state index in [-0.39, 0.29) is 0 Å². The molecule has 0 aromatic rings. The first-order valence-electron chi connectivity index (χ1n) is 3.20. The molecule has 0 spiro atoms. The SMILES string of the molecule is CC(CO)N(C)S(=O)(=O)C(F)F. The van der Waals surface area contributed by atoms with Crippen molar-refractivity contribution in [3.63, 3.8) is 0 Å². The van der Waals surface area contributed by atoms with Crippen LogP contribution in [0.5, 0.6) is 0 Å². The molecule has 1 atom stereocenters. The Labute approximate surface area is 69.8 Å². The van der Waals surface area contributed by atoms with Crippen LogP contribution in [0, 0.1) is 0 Å².